The lowest BCUT2D eigenvalue weighted by atomic mass is 9.90. The highest BCUT2D eigenvalue weighted by molar-refractivity contribution is 6.00. The fraction of sp³-hybridized carbons (Fsp3) is 0.148. The molecule has 1 aliphatic heterocycles. The maximum Gasteiger partial charge on any atom is 0.123 e. The summed E-state index contributed by atoms with van der Waals surface area (Å²) in [4.78, 5) is 4.74. The van der Waals surface area contributed by atoms with Gasteiger partial charge in [0.25, 0.3) is 0 Å². The SMILES string of the molecule is Fc1ccc(-c2c(C3=CCOCC3)cnc3cc(OCc4ccccc4)ccc23)cc1. The van der Waals surface area contributed by atoms with Gasteiger partial charge in [0, 0.05) is 28.8 Å². The number of aromatic nitrogens is 1. The largest absolute Gasteiger partial charge is 0.489 e. The molecule has 1 aliphatic rings. The van der Waals surface area contributed by atoms with Crippen LogP contribution in [0.5, 0.6) is 5.75 Å². The number of hydrogen-bond donors (Lipinski definition) is 0. The van der Waals surface area contributed by atoms with E-state index in [0.29, 0.717) is 19.8 Å². The lowest BCUT2D eigenvalue weighted by Gasteiger charge is -2.19. The molecule has 0 saturated carbocycles. The molecule has 0 fully saturated rings. The average Bonchev–Trinajstić information content (AvgIpc) is 2.84. The number of rotatable bonds is 5. The molecular formula is C27H22FNO2. The van der Waals surface area contributed by atoms with Gasteiger partial charge in [-0.15, -0.1) is 0 Å². The first-order chi connectivity index (χ1) is 15.3. The first-order valence-electron chi connectivity index (χ1n) is 10.4. The van der Waals surface area contributed by atoms with Gasteiger partial charge in [-0.2, -0.15) is 0 Å². The van der Waals surface area contributed by atoms with Crippen LogP contribution in [0.1, 0.15) is 17.5 Å². The second kappa shape index (κ2) is 8.70. The topological polar surface area (TPSA) is 31.4 Å². The molecule has 0 atom stereocenters. The number of pyridine rings is 1. The van der Waals surface area contributed by atoms with Gasteiger partial charge < -0.3 is 9.47 Å². The van der Waals surface area contributed by atoms with Gasteiger partial charge in [-0.1, -0.05) is 48.5 Å². The summed E-state index contributed by atoms with van der Waals surface area (Å²) in [6.45, 7) is 1.80. The van der Waals surface area contributed by atoms with Crippen LogP contribution in [0.15, 0.2) is 85.1 Å². The summed E-state index contributed by atoms with van der Waals surface area (Å²) in [6, 6.07) is 22.7. The van der Waals surface area contributed by atoms with E-state index in [2.05, 4.69) is 6.08 Å². The predicted molar refractivity (Wildman–Crippen MR) is 121 cm³/mol. The van der Waals surface area contributed by atoms with Gasteiger partial charge in [0.15, 0.2) is 0 Å². The Morgan fingerprint density at radius 1 is 0.968 bits per heavy atom. The molecule has 0 N–H and O–H groups in total. The number of ether oxygens (including phenoxy) is 2. The molecule has 0 spiro atoms. The third kappa shape index (κ3) is 4.21. The summed E-state index contributed by atoms with van der Waals surface area (Å²) in [6.07, 6.45) is 4.86. The Hall–Kier alpha value is -3.50. The fourth-order valence-corrected chi connectivity index (χ4v) is 3.95. The molecular weight excluding hydrogens is 389 g/mol. The third-order valence-electron chi connectivity index (χ3n) is 5.53. The maximum absolute atomic E-state index is 13.6. The molecule has 0 unspecified atom stereocenters. The van der Waals surface area contributed by atoms with Crippen LogP contribution < -0.4 is 4.74 Å². The average molecular weight is 411 g/mol. The number of hydrogen-bond acceptors (Lipinski definition) is 3. The lowest BCUT2D eigenvalue weighted by Crippen LogP contribution is -2.05. The van der Waals surface area contributed by atoms with Crippen LogP contribution in [0, 0.1) is 5.82 Å². The number of fused-ring (bicyclic) bond motifs is 1. The van der Waals surface area contributed by atoms with Gasteiger partial charge in [-0.3, -0.25) is 4.98 Å². The van der Waals surface area contributed by atoms with Gasteiger partial charge in [0.05, 0.1) is 18.7 Å². The first-order valence-corrected chi connectivity index (χ1v) is 10.4. The van der Waals surface area contributed by atoms with E-state index in [-0.39, 0.29) is 5.82 Å². The summed E-state index contributed by atoms with van der Waals surface area (Å²) in [5.74, 6) is 0.525. The third-order valence-corrected chi connectivity index (χ3v) is 5.53. The Bertz CT molecular complexity index is 1230. The van der Waals surface area contributed by atoms with E-state index >= 15 is 0 Å². The van der Waals surface area contributed by atoms with Gasteiger partial charge in [0.2, 0.25) is 0 Å². The summed E-state index contributed by atoms with van der Waals surface area (Å²) in [5.41, 5.74) is 6.28. The van der Waals surface area contributed by atoms with Crippen molar-refractivity contribution in [2.75, 3.05) is 13.2 Å². The molecule has 4 heteroatoms. The van der Waals surface area contributed by atoms with Crippen molar-refractivity contribution >= 4 is 16.5 Å². The summed E-state index contributed by atoms with van der Waals surface area (Å²) in [5, 5.41) is 1.02. The Balaban J connectivity index is 1.57. The van der Waals surface area contributed by atoms with Crippen LogP contribution in [0.3, 0.4) is 0 Å². The van der Waals surface area contributed by atoms with Gasteiger partial charge in [-0.05, 0) is 47.4 Å². The fourth-order valence-electron chi connectivity index (χ4n) is 3.95. The molecule has 0 bridgehead atoms. The van der Waals surface area contributed by atoms with E-state index in [9.17, 15) is 4.39 Å². The Morgan fingerprint density at radius 2 is 1.81 bits per heavy atom. The van der Waals surface area contributed by atoms with E-state index < -0.39 is 0 Å². The Kier molecular flexibility index (Phi) is 5.46. The van der Waals surface area contributed by atoms with E-state index in [1.165, 1.54) is 17.7 Å². The van der Waals surface area contributed by atoms with E-state index in [1.54, 1.807) is 0 Å². The van der Waals surface area contributed by atoms with Crippen LogP contribution in [-0.2, 0) is 11.3 Å². The van der Waals surface area contributed by atoms with Gasteiger partial charge in [0.1, 0.15) is 18.2 Å². The van der Waals surface area contributed by atoms with Crippen molar-refractivity contribution in [2.24, 2.45) is 0 Å². The van der Waals surface area contributed by atoms with Crippen molar-refractivity contribution < 1.29 is 13.9 Å². The predicted octanol–water partition coefficient (Wildman–Crippen LogP) is 6.42. The molecule has 1 aromatic heterocycles. The van der Waals surface area contributed by atoms with Gasteiger partial charge in [-0.25, -0.2) is 4.39 Å². The van der Waals surface area contributed by atoms with Crippen molar-refractivity contribution in [3.8, 4) is 16.9 Å². The second-order valence-corrected chi connectivity index (χ2v) is 7.56. The smallest absolute Gasteiger partial charge is 0.123 e. The van der Waals surface area contributed by atoms with Crippen molar-refractivity contribution in [3.05, 3.63) is 102 Å². The molecule has 2 heterocycles. The van der Waals surface area contributed by atoms with E-state index in [1.807, 2.05) is 66.9 Å². The second-order valence-electron chi connectivity index (χ2n) is 7.56. The highest BCUT2D eigenvalue weighted by atomic mass is 19.1. The quantitative estimate of drug-likeness (QED) is 0.380. The minimum absolute atomic E-state index is 0.245. The van der Waals surface area contributed by atoms with Crippen LogP contribution in [0.25, 0.3) is 27.6 Å². The molecule has 0 radical (unpaired) electrons. The van der Waals surface area contributed by atoms with Crippen molar-refractivity contribution in [1.82, 2.24) is 4.98 Å². The molecule has 0 amide bonds. The molecule has 154 valence electrons. The zero-order valence-electron chi connectivity index (χ0n) is 17.1. The minimum Gasteiger partial charge on any atom is -0.489 e. The normalized spacial score (nSPS) is 13.8. The van der Waals surface area contributed by atoms with E-state index in [0.717, 1.165) is 45.3 Å². The van der Waals surface area contributed by atoms with Crippen LogP contribution in [0.4, 0.5) is 4.39 Å². The zero-order chi connectivity index (χ0) is 21.0. The zero-order valence-corrected chi connectivity index (χ0v) is 17.1. The van der Waals surface area contributed by atoms with Gasteiger partial charge >= 0.3 is 0 Å². The summed E-state index contributed by atoms with van der Waals surface area (Å²) >= 11 is 0. The molecule has 0 aliphatic carbocycles. The number of benzene rings is 3. The highest BCUT2D eigenvalue weighted by Gasteiger charge is 2.17. The van der Waals surface area contributed by atoms with Crippen molar-refractivity contribution in [2.45, 2.75) is 13.0 Å². The van der Waals surface area contributed by atoms with Crippen LogP contribution in [0.2, 0.25) is 0 Å². The number of nitrogens with zero attached hydrogens (tertiary/aromatic N) is 1. The Morgan fingerprint density at radius 3 is 2.58 bits per heavy atom. The molecule has 31 heavy (non-hydrogen) atoms. The monoisotopic (exact) mass is 411 g/mol. The molecule has 3 nitrogen and oxygen atoms in total. The van der Waals surface area contributed by atoms with Crippen LogP contribution >= 0.6 is 0 Å². The standard InChI is InChI=1S/C27H22FNO2/c28-22-8-6-21(7-9-22)27-24-11-10-23(31-18-19-4-2-1-3-5-19)16-26(24)29-17-25(27)20-12-14-30-15-13-20/h1-12,16-17H,13-15,18H2. The summed E-state index contributed by atoms with van der Waals surface area (Å²) in [7, 11) is 0. The minimum atomic E-state index is -0.245. The van der Waals surface area contributed by atoms with E-state index in [4.69, 9.17) is 14.5 Å². The highest BCUT2D eigenvalue weighted by Crippen LogP contribution is 2.37. The maximum atomic E-state index is 13.6. The van der Waals surface area contributed by atoms with Crippen molar-refractivity contribution in [3.63, 3.8) is 0 Å². The lowest BCUT2D eigenvalue weighted by molar-refractivity contribution is 0.161. The summed E-state index contributed by atoms with van der Waals surface area (Å²) < 4.78 is 25.1. The molecule has 4 aromatic rings. The van der Waals surface area contributed by atoms with Crippen LogP contribution in [-0.4, -0.2) is 18.2 Å². The number of halogens is 1. The molecule has 3 aromatic carbocycles. The first kappa shape index (κ1) is 19.5. The molecule has 0 saturated heterocycles. The molecule has 5 rings (SSSR count). The Labute approximate surface area is 180 Å². The van der Waals surface area contributed by atoms with Crippen molar-refractivity contribution in [1.29, 1.82) is 0 Å².